The van der Waals surface area contributed by atoms with Crippen LogP contribution in [-0.2, 0) is 4.79 Å². The Labute approximate surface area is 116 Å². The topological polar surface area (TPSA) is 58.4 Å². The van der Waals surface area contributed by atoms with E-state index in [9.17, 15) is 4.79 Å². The SMILES string of the molecule is CC1CCCC(N)(C(=O)NC2CCN3CCCC23)C1. The van der Waals surface area contributed by atoms with Crippen molar-refractivity contribution in [2.24, 2.45) is 11.7 Å². The molecule has 108 valence electrons. The highest BCUT2D eigenvalue weighted by Crippen LogP contribution is 2.32. The average molecular weight is 265 g/mol. The predicted molar refractivity (Wildman–Crippen MR) is 75.7 cm³/mol. The largest absolute Gasteiger partial charge is 0.350 e. The number of amides is 1. The average Bonchev–Trinajstić information content (AvgIpc) is 2.93. The Balaban J connectivity index is 1.61. The molecule has 0 aromatic rings. The van der Waals surface area contributed by atoms with Crippen LogP contribution in [0.25, 0.3) is 0 Å². The first-order chi connectivity index (χ1) is 9.08. The maximum absolute atomic E-state index is 12.6. The van der Waals surface area contributed by atoms with Crippen LogP contribution in [-0.4, -0.2) is 41.5 Å². The van der Waals surface area contributed by atoms with E-state index >= 15 is 0 Å². The quantitative estimate of drug-likeness (QED) is 0.790. The highest BCUT2D eigenvalue weighted by atomic mass is 16.2. The fourth-order valence-electron chi connectivity index (χ4n) is 4.36. The number of carbonyl (C=O) groups excluding carboxylic acids is 1. The van der Waals surface area contributed by atoms with Crippen LogP contribution in [0.3, 0.4) is 0 Å². The Morgan fingerprint density at radius 2 is 2.11 bits per heavy atom. The number of hydrogen-bond donors (Lipinski definition) is 2. The summed E-state index contributed by atoms with van der Waals surface area (Å²) >= 11 is 0. The van der Waals surface area contributed by atoms with Crippen molar-refractivity contribution in [1.29, 1.82) is 0 Å². The van der Waals surface area contributed by atoms with Gasteiger partial charge in [-0.05, 0) is 44.6 Å². The number of carbonyl (C=O) groups is 1. The third-order valence-electron chi connectivity index (χ3n) is 5.41. The normalized spacial score (nSPS) is 43.2. The van der Waals surface area contributed by atoms with Gasteiger partial charge in [0.05, 0.1) is 5.54 Å². The highest BCUT2D eigenvalue weighted by molar-refractivity contribution is 5.86. The van der Waals surface area contributed by atoms with E-state index in [1.54, 1.807) is 0 Å². The maximum Gasteiger partial charge on any atom is 0.240 e. The van der Waals surface area contributed by atoms with Gasteiger partial charge in [0.15, 0.2) is 0 Å². The van der Waals surface area contributed by atoms with E-state index in [0.717, 1.165) is 32.2 Å². The van der Waals surface area contributed by atoms with Crippen LogP contribution in [0.5, 0.6) is 0 Å². The molecule has 4 nitrogen and oxygen atoms in total. The molecule has 0 aromatic heterocycles. The molecule has 1 amide bonds. The molecule has 3 fully saturated rings. The van der Waals surface area contributed by atoms with Crippen molar-refractivity contribution in [3.05, 3.63) is 0 Å². The number of hydrogen-bond acceptors (Lipinski definition) is 3. The summed E-state index contributed by atoms with van der Waals surface area (Å²) in [6, 6.07) is 0.918. The van der Waals surface area contributed by atoms with Gasteiger partial charge in [-0.1, -0.05) is 19.8 Å². The van der Waals surface area contributed by atoms with Crippen molar-refractivity contribution >= 4 is 5.91 Å². The molecule has 4 unspecified atom stereocenters. The van der Waals surface area contributed by atoms with Gasteiger partial charge in [-0.2, -0.15) is 0 Å². The van der Waals surface area contributed by atoms with Crippen LogP contribution >= 0.6 is 0 Å². The lowest BCUT2D eigenvalue weighted by Gasteiger charge is -2.36. The summed E-state index contributed by atoms with van der Waals surface area (Å²) in [4.78, 5) is 15.1. The first-order valence-electron chi connectivity index (χ1n) is 7.92. The van der Waals surface area contributed by atoms with Crippen LogP contribution in [0.1, 0.15) is 51.9 Å². The molecule has 0 aromatic carbocycles. The summed E-state index contributed by atoms with van der Waals surface area (Å²) in [5.41, 5.74) is 5.78. The first-order valence-corrected chi connectivity index (χ1v) is 7.92. The second-order valence-corrected chi connectivity index (χ2v) is 6.97. The summed E-state index contributed by atoms with van der Waals surface area (Å²) in [5.74, 6) is 0.689. The van der Waals surface area contributed by atoms with Gasteiger partial charge in [-0.25, -0.2) is 0 Å². The van der Waals surface area contributed by atoms with Gasteiger partial charge in [-0.3, -0.25) is 9.69 Å². The summed E-state index contributed by atoms with van der Waals surface area (Å²) < 4.78 is 0. The van der Waals surface area contributed by atoms with Gasteiger partial charge in [0, 0.05) is 18.6 Å². The van der Waals surface area contributed by atoms with Gasteiger partial charge in [0.1, 0.15) is 0 Å². The van der Waals surface area contributed by atoms with E-state index < -0.39 is 5.54 Å². The van der Waals surface area contributed by atoms with Crippen LogP contribution in [0.15, 0.2) is 0 Å². The van der Waals surface area contributed by atoms with E-state index in [1.165, 1.54) is 25.8 Å². The molecule has 4 atom stereocenters. The van der Waals surface area contributed by atoms with Crippen molar-refractivity contribution in [3.63, 3.8) is 0 Å². The summed E-state index contributed by atoms with van der Waals surface area (Å²) in [6.07, 6.45) is 7.62. The summed E-state index contributed by atoms with van der Waals surface area (Å²) in [6.45, 7) is 4.56. The predicted octanol–water partition coefficient (Wildman–Crippen LogP) is 1.25. The van der Waals surface area contributed by atoms with Crippen molar-refractivity contribution in [2.75, 3.05) is 13.1 Å². The van der Waals surface area contributed by atoms with Crippen LogP contribution in [0, 0.1) is 5.92 Å². The van der Waals surface area contributed by atoms with E-state index in [2.05, 4.69) is 17.1 Å². The molecule has 19 heavy (non-hydrogen) atoms. The fraction of sp³-hybridized carbons (Fsp3) is 0.933. The molecule has 4 heteroatoms. The Kier molecular flexibility index (Phi) is 3.56. The second-order valence-electron chi connectivity index (χ2n) is 6.97. The molecule has 3 rings (SSSR count). The van der Waals surface area contributed by atoms with Crippen molar-refractivity contribution in [2.45, 2.75) is 69.5 Å². The molecule has 2 saturated heterocycles. The lowest BCUT2D eigenvalue weighted by atomic mass is 9.76. The van der Waals surface area contributed by atoms with Crippen LogP contribution in [0.4, 0.5) is 0 Å². The third kappa shape index (κ3) is 2.52. The minimum atomic E-state index is -0.607. The molecule has 1 saturated carbocycles. The molecule has 2 aliphatic heterocycles. The Morgan fingerprint density at radius 1 is 1.26 bits per heavy atom. The highest BCUT2D eigenvalue weighted by Gasteiger charge is 2.42. The van der Waals surface area contributed by atoms with Gasteiger partial charge < -0.3 is 11.1 Å². The van der Waals surface area contributed by atoms with E-state index in [0.29, 0.717) is 18.0 Å². The zero-order valence-corrected chi connectivity index (χ0v) is 12.0. The molecule has 0 bridgehead atoms. The van der Waals surface area contributed by atoms with Gasteiger partial charge >= 0.3 is 0 Å². The monoisotopic (exact) mass is 265 g/mol. The van der Waals surface area contributed by atoms with Crippen LogP contribution in [0.2, 0.25) is 0 Å². The van der Waals surface area contributed by atoms with Gasteiger partial charge in [0.25, 0.3) is 0 Å². The molecule has 3 N–H and O–H groups in total. The van der Waals surface area contributed by atoms with Crippen molar-refractivity contribution < 1.29 is 4.79 Å². The molecule has 0 radical (unpaired) electrons. The second kappa shape index (κ2) is 5.06. The summed E-state index contributed by atoms with van der Waals surface area (Å²) in [5, 5.41) is 3.28. The smallest absolute Gasteiger partial charge is 0.240 e. The minimum Gasteiger partial charge on any atom is -0.350 e. The van der Waals surface area contributed by atoms with Crippen molar-refractivity contribution in [3.8, 4) is 0 Å². The number of fused-ring (bicyclic) bond motifs is 1. The third-order valence-corrected chi connectivity index (χ3v) is 5.41. The molecule has 2 heterocycles. The summed E-state index contributed by atoms with van der Waals surface area (Å²) in [7, 11) is 0. The molecular weight excluding hydrogens is 238 g/mol. The number of nitrogens with two attached hydrogens (primary N) is 1. The van der Waals surface area contributed by atoms with Gasteiger partial charge in [0.2, 0.25) is 5.91 Å². The Hall–Kier alpha value is -0.610. The fourth-order valence-corrected chi connectivity index (χ4v) is 4.36. The first kappa shape index (κ1) is 13.4. The van der Waals surface area contributed by atoms with E-state index in [4.69, 9.17) is 5.73 Å². The van der Waals surface area contributed by atoms with Gasteiger partial charge in [-0.15, -0.1) is 0 Å². The number of nitrogens with zero attached hydrogens (tertiary/aromatic N) is 1. The Bertz CT molecular complexity index is 359. The lowest BCUT2D eigenvalue weighted by Crippen LogP contribution is -2.59. The molecule has 3 aliphatic rings. The minimum absolute atomic E-state index is 0.109. The number of nitrogens with one attached hydrogen (secondary N) is 1. The zero-order chi connectivity index (χ0) is 13.5. The number of rotatable bonds is 2. The van der Waals surface area contributed by atoms with Crippen molar-refractivity contribution in [1.82, 2.24) is 10.2 Å². The van der Waals surface area contributed by atoms with Crippen LogP contribution < -0.4 is 11.1 Å². The van der Waals surface area contributed by atoms with E-state index in [1.807, 2.05) is 0 Å². The lowest BCUT2D eigenvalue weighted by molar-refractivity contribution is -0.128. The zero-order valence-electron chi connectivity index (χ0n) is 12.0. The van der Waals surface area contributed by atoms with E-state index in [-0.39, 0.29) is 5.91 Å². The maximum atomic E-state index is 12.6. The molecule has 1 aliphatic carbocycles. The molecule has 0 spiro atoms. The molecular formula is C15H27N3O. The standard InChI is InChI=1S/C15H27N3O/c1-11-4-2-7-15(16,10-11)14(19)17-12-6-9-18-8-3-5-13(12)18/h11-13H,2-10,16H2,1H3,(H,17,19). The Morgan fingerprint density at radius 3 is 2.89 bits per heavy atom.